The normalized spacial score (nSPS) is 13.9. The van der Waals surface area contributed by atoms with E-state index < -0.39 is 0 Å². The minimum atomic E-state index is 0.00883. The Bertz CT molecular complexity index is 2370. The van der Waals surface area contributed by atoms with E-state index >= 15 is 0 Å². The molecule has 0 saturated heterocycles. The maximum atomic E-state index is 6.20. The zero-order valence-corrected chi connectivity index (χ0v) is 24.4. The lowest BCUT2D eigenvalue weighted by atomic mass is 9.78. The molecule has 0 fully saturated rings. The second kappa shape index (κ2) is 10.4. The van der Waals surface area contributed by atoms with Gasteiger partial charge in [-0.25, -0.2) is 15.0 Å². The second-order valence-corrected chi connectivity index (χ2v) is 11.6. The molecule has 1 aliphatic rings. The van der Waals surface area contributed by atoms with Gasteiger partial charge in [-0.3, -0.25) is 0 Å². The number of rotatable bonds is 4. The molecule has 1 atom stereocenters. The van der Waals surface area contributed by atoms with Gasteiger partial charge in [0.1, 0.15) is 17.0 Å². The summed E-state index contributed by atoms with van der Waals surface area (Å²) in [5, 5.41) is 2.22. The second-order valence-electron chi connectivity index (χ2n) is 11.6. The summed E-state index contributed by atoms with van der Waals surface area (Å²) in [6, 6.07) is 50.5. The van der Waals surface area contributed by atoms with Crippen molar-refractivity contribution in [1.82, 2.24) is 15.0 Å². The Morgan fingerprint density at radius 1 is 0.489 bits per heavy atom. The quantitative estimate of drug-likeness (QED) is 0.209. The Morgan fingerprint density at radius 3 is 2.04 bits per heavy atom. The molecule has 6 aromatic carbocycles. The van der Waals surface area contributed by atoms with Gasteiger partial charge in [-0.05, 0) is 58.0 Å². The molecular formula is C41H27N3O. The Morgan fingerprint density at radius 2 is 1.13 bits per heavy atom. The van der Waals surface area contributed by atoms with E-state index in [1.165, 1.54) is 22.3 Å². The third kappa shape index (κ3) is 4.34. The van der Waals surface area contributed by atoms with Crippen molar-refractivity contribution in [2.75, 3.05) is 0 Å². The highest BCUT2D eigenvalue weighted by molar-refractivity contribution is 6.12. The maximum absolute atomic E-state index is 6.20. The van der Waals surface area contributed by atoms with Crippen LogP contribution in [0.4, 0.5) is 0 Å². The first kappa shape index (κ1) is 25.6. The van der Waals surface area contributed by atoms with Crippen LogP contribution in [0, 0.1) is 0 Å². The highest BCUT2D eigenvalue weighted by Crippen LogP contribution is 2.42. The van der Waals surface area contributed by atoms with Crippen molar-refractivity contribution in [3.63, 3.8) is 0 Å². The third-order valence-corrected chi connectivity index (χ3v) is 8.90. The van der Waals surface area contributed by atoms with Gasteiger partial charge >= 0.3 is 0 Å². The van der Waals surface area contributed by atoms with E-state index in [2.05, 4.69) is 109 Å². The Balaban J connectivity index is 1.22. The summed E-state index contributed by atoms with van der Waals surface area (Å²) in [5.41, 5.74) is 11.0. The molecule has 4 heteroatoms. The lowest BCUT2D eigenvalue weighted by Crippen LogP contribution is -2.16. The highest BCUT2D eigenvalue weighted by Gasteiger charge is 2.28. The number of furan rings is 1. The fourth-order valence-corrected chi connectivity index (χ4v) is 6.80. The van der Waals surface area contributed by atoms with Crippen molar-refractivity contribution < 1.29 is 4.42 Å². The summed E-state index contributed by atoms with van der Waals surface area (Å²) >= 11 is 0. The van der Waals surface area contributed by atoms with Crippen molar-refractivity contribution in [3.8, 4) is 45.0 Å². The number of nitrogens with zero attached hydrogens (tertiary/aromatic N) is 3. The fraction of sp³-hybridized carbons (Fsp3) is 0.0488. The monoisotopic (exact) mass is 577 g/mol. The maximum Gasteiger partial charge on any atom is 0.163 e. The van der Waals surface area contributed by atoms with E-state index in [9.17, 15) is 0 Å². The van der Waals surface area contributed by atoms with E-state index in [1.54, 1.807) is 0 Å². The van der Waals surface area contributed by atoms with Crippen molar-refractivity contribution in [2.45, 2.75) is 12.3 Å². The predicted octanol–water partition coefficient (Wildman–Crippen LogP) is 10.1. The van der Waals surface area contributed by atoms with Crippen LogP contribution in [0.1, 0.15) is 22.9 Å². The number of fused-ring (bicyclic) bond motifs is 6. The lowest BCUT2D eigenvalue weighted by molar-refractivity contribution is 0.669. The molecule has 9 rings (SSSR count). The van der Waals surface area contributed by atoms with Crippen LogP contribution < -0.4 is 0 Å². The summed E-state index contributed by atoms with van der Waals surface area (Å²) in [7, 11) is 0. The van der Waals surface area contributed by atoms with Crippen LogP contribution in [0.5, 0.6) is 0 Å². The first-order chi connectivity index (χ1) is 22.3. The highest BCUT2D eigenvalue weighted by atomic mass is 16.3. The molecule has 0 spiro atoms. The van der Waals surface area contributed by atoms with E-state index in [1.807, 2.05) is 36.4 Å². The summed E-state index contributed by atoms with van der Waals surface area (Å²) in [5.74, 6) is 2.14. The summed E-state index contributed by atoms with van der Waals surface area (Å²) in [6.07, 6.45) is 0.834. The Labute approximate surface area is 260 Å². The van der Waals surface area contributed by atoms with Gasteiger partial charge in [0.15, 0.2) is 11.6 Å². The van der Waals surface area contributed by atoms with Crippen LogP contribution in [0.25, 0.3) is 67.0 Å². The molecule has 2 aromatic heterocycles. The summed E-state index contributed by atoms with van der Waals surface area (Å²) in [6.45, 7) is 0. The molecule has 4 nitrogen and oxygen atoms in total. The van der Waals surface area contributed by atoms with Gasteiger partial charge in [0, 0.05) is 27.8 Å². The van der Waals surface area contributed by atoms with Crippen LogP contribution >= 0.6 is 0 Å². The molecule has 0 radical (unpaired) electrons. The Hall–Kier alpha value is -5.87. The van der Waals surface area contributed by atoms with Gasteiger partial charge in [0.25, 0.3) is 0 Å². The number of hydrogen-bond donors (Lipinski definition) is 0. The van der Waals surface area contributed by atoms with Gasteiger partial charge in [0.05, 0.1) is 0 Å². The van der Waals surface area contributed by atoms with Crippen molar-refractivity contribution >= 4 is 21.9 Å². The molecule has 45 heavy (non-hydrogen) atoms. The van der Waals surface area contributed by atoms with Gasteiger partial charge in [-0.1, -0.05) is 127 Å². The van der Waals surface area contributed by atoms with Gasteiger partial charge in [-0.2, -0.15) is 0 Å². The molecule has 212 valence electrons. The lowest BCUT2D eigenvalue weighted by Gasteiger charge is -2.27. The molecule has 1 aliphatic carbocycles. The van der Waals surface area contributed by atoms with Crippen LogP contribution in [-0.2, 0) is 6.42 Å². The summed E-state index contributed by atoms with van der Waals surface area (Å²) < 4.78 is 6.20. The SMILES string of the molecule is c1ccc(-c2nc(-c3cccc(-c4cccc5oc6ccccc6c45)c3)nc(C3Cc4ccccc4-c4ccccc43)n2)cc1. The number of benzene rings is 6. The molecule has 1 unspecified atom stereocenters. The molecule has 0 bridgehead atoms. The molecule has 0 saturated carbocycles. The van der Waals surface area contributed by atoms with E-state index in [0.717, 1.165) is 56.4 Å². The average Bonchev–Trinajstić information content (AvgIpc) is 3.51. The first-order valence-electron chi connectivity index (χ1n) is 15.3. The minimum Gasteiger partial charge on any atom is -0.456 e. The Kier molecular flexibility index (Phi) is 5.91. The fourth-order valence-electron chi connectivity index (χ4n) is 6.80. The average molecular weight is 578 g/mol. The predicted molar refractivity (Wildman–Crippen MR) is 181 cm³/mol. The van der Waals surface area contributed by atoms with Gasteiger partial charge in [0.2, 0.25) is 0 Å². The van der Waals surface area contributed by atoms with Crippen molar-refractivity contribution in [3.05, 3.63) is 163 Å². The zero-order valence-electron chi connectivity index (χ0n) is 24.4. The van der Waals surface area contributed by atoms with Gasteiger partial charge < -0.3 is 4.42 Å². The molecule has 8 aromatic rings. The first-order valence-corrected chi connectivity index (χ1v) is 15.3. The van der Waals surface area contributed by atoms with Crippen LogP contribution in [-0.4, -0.2) is 15.0 Å². The van der Waals surface area contributed by atoms with E-state index in [0.29, 0.717) is 11.6 Å². The number of para-hydroxylation sites is 1. The third-order valence-electron chi connectivity index (χ3n) is 8.90. The van der Waals surface area contributed by atoms with Crippen LogP contribution in [0.15, 0.2) is 150 Å². The summed E-state index contributed by atoms with van der Waals surface area (Å²) in [4.78, 5) is 15.4. The topological polar surface area (TPSA) is 51.8 Å². The standard InChI is InChI=1S/C41H27N3O/c1-2-12-26(13-3-1)39-42-40(44-41(43-39)35-25-28-14-4-5-17-30(28)32-18-6-7-19-33(32)35)29-16-10-15-27(24-29)31-21-11-23-37-38(31)34-20-8-9-22-36(34)45-37/h1-24,35H,25H2. The largest absolute Gasteiger partial charge is 0.456 e. The zero-order chi connectivity index (χ0) is 29.7. The number of aromatic nitrogens is 3. The van der Waals surface area contributed by atoms with Crippen molar-refractivity contribution in [2.24, 2.45) is 0 Å². The van der Waals surface area contributed by atoms with Crippen LogP contribution in [0.3, 0.4) is 0 Å². The molecule has 2 heterocycles. The van der Waals surface area contributed by atoms with Crippen molar-refractivity contribution in [1.29, 1.82) is 0 Å². The van der Waals surface area contributed by atoms with Crippen LogP contribution in [0.2, 0.25) is 0 Å². The van der Waals surface area contributed by atoms with E-state index in [4.69, 9.17) is 19.4 Å². The van der Waals surface area contributed by atoms with E-state index in [-0.39, 0.29) is 5.92 Å². The molecule has 0 N–H and O–H groups in total. The minimum absolute atomic E-state index is 0.00883. The molecular weight excluding hydrogens is 550 g/mol. The number of hydrogen-bond acceptors (Lipinski definition) is 4. The molecule has 0 aliphatic heterocycles. The molecule has 0 amide bonds. The van der Waals surface area contributed by atoms with Gasteiger partial charge in [-0.15, -0.1) is 0 Å². The smallest absolute Gasteiger partial charge is 0.163 e.